The van der Waals surface area contributed by atoms with Gasteiger partial charge in [0, 0.05) is 28.7 Å². The van der Waals surface area contributed by atoms with Crippen LogP contribution in [0.15, 0.2) is 36.4 Å². The van der Waals surface area contributed by atoms with Crippen molar-refractivity contribution in [1.82, 2.24) is 10.6 Å². The van der Waals surface area contributed by atoms with Gasteiger partial charge < -0.3 is 32.6 Å². The molecule has 0 heterocycles. The SMILES string of the molecule is N=C(N)NCCC[C@H](NC(=O)c1cc(OCCc2ccc(Cl)cc2Cl)ccc1N)C(N)=O. The zero-order valence-corrected chi connectivity index (χ0v) is 18.8. The van der Waals surface area contributed by atoms with Gasteiger partial charge in [-0.1, -0.05) is 29.3 Å². The highest BCUT2D eigenvalue weighted by molar-refractivity contribution is 6.35. The summed E-state index contributed by atoms with van der Waals surface area (Å²) in [6.45, 7) is 0.692. The maximum Gasteiger partial charge on any atom is 0.254 e. The number of guanidine groups is 1. The third kappa shape index (κ3) is 7.82. The largest absolute Gasteiger partial charge is 0.493 e. The Morgan fingerprint density at radius 2 is 1.88 bits per heavy atom. The van der Waals surface area contributed by atoms with Gasteiger partial charge in [0.1, 0.15) is 11.8 Å². The molecule has 1 atom stereocenters. The van der Waals surface area contributed by atoms with Crippen LogP contribution in [0.3, 0.4) is 0 Å². The van der Waals surface area contributed by atoms with Crippen LogP contribution in [0.1, 0.15) is 28.8 Å². The Kier molecular flexibility index (Phi) is 9.42. The lowest BCUT2D eigenvalue weighted by Gasteiger charge is -2.17. The van der Waals surface area contributed by atoms with Crippen molar-refractivity contribution in [3.8, 4) is 5.75 Å². The highest BCUT2D eigenvalue weighted by atomic mass is 35.5. The zero-order chi connectivity index (χ0) is 23.7. The van der Waals surface area contributed by atoms with Gasteiger partial charge >= 0.3 is 0 Å². The summed E-state index contributed by atoms with van der Waals surface area (Å²) in [6.07, 6.45) is 1.29. The van der Waals surface area contributed by atoms with Crippen LogP contribution in [-0.4, -0.2) is 37.0 Å². The van der Waals surface area contributed by atoms with Crippen molar-refractivity contribution < 1.29 is 14.3 Å². The van der Waals surface area contributed by atoms with E-state index in [4.69, 9.17) is 50.5 Å². The van der Waals surface area contributed by atoms with Crippen molar-refractivity contribution in [2.45, 2.75) is 25.3 Å². The summed E-state index contributed by atoms with van der Waals surface area (Å²) < 4.78 is 5.74. The number of ether oxygens (including phenoxy) is 1. The van der Waals surface area contributed by atoms with Gasteiger partial charge in [-0.05, 0) is 48.7 Å². The van der Waals surface area contributed by atoms with E-state index in [0.29, 0.717) is 41.8 Å². The first-order valence-electron chi connectivity index (χ1n) is 9.81. The number of anilines is 1. The van der Waals surface area contributed by atoms with E-state index in [-0.39, 0.29) is 23.6 Å². The molecule has 9 nitrogen and oxygen atoms in total. The lowest BCUT2D eigenvalue weighted by atomic mass is 10.1. The number of rotatable bonds is 11. The fourth-order valence-electron chi connectivity index (χ4n) is 2.88. The molecule has 11 heteroatoms. The Morgan fingerprint density at radius 1 is 1.12 bits per heavy atom. The monoisotopic (exact) mass is 480 g/mol. The molecule has 0 unspecified atom stereocenters. The van der Waals surface area contributed by atoms with Crippen molar-refractivity contribution in [1.29, 1.82) is 5.41 Å². The average molecular weight is 481 g/mol. The molecule has 0 fully saturated rings. The molecule has 2 amide bonds. The smallest absolute Gasteiger partial charge is 0.254 e. The van der Waals surface area contributed by atoms with Crippen LogP contribution >= 0.6 is 23.2 Å². The molecule has 0 bridgehead atoms. The van der Waals surface area contributed by atoms with E-state index in [9.17, 15) is 9.59 Å². The second-order valence-electron chi connectivity index (χ2n) is 6.99. The standard InChI is InChI=1S/C21H26Cl2N6O3/c22-13-4-3-12(16(23)10-13)7-9-32-14-5-6-17(24)15(11-14)20(31)29-18(19(25)30)2-1-8-28-21(26)27/h3-6,10-11,18H,1-2,7-9,24H2,(H2,25,30)(H,29,31)(H4,26,27,28)/t18-/m0/s1. The summed E-state index contributed by atoms with van der Waals surface area (Å²) in [5.41, 5.74) is 17.8. The Bertz CT molecular complexity index is 986. The molecule has 2 aromatic rings. The van der Waals surface area contributed by atoms with Crippen LogP contribution < -0.4 is 32.6 Å². The fraction of sp³-hybridized carbons (Fsp3) is 0.286. The quantitative estimate of drug-likeness (QED) is 0.124. The summed E-state index contributed by atoms with van der Waals surface area (Å²) in [4.78, 5) is 24.4. The highest BCUT2D eigenvalue weighted by Gasteiger charge is 2.20. The van der Waals surface area contributed by atoms with Crippen molar-refractivity contribution >= 4 is 46.7 Å². The van der Waals surface area contributed by atoms with Gasteiger partial charge in [-0.15, -0.1) is 0 Å². The van der Waals surface area contributed by atoms with Crippen LogP contribution in [0.2, 0.25) is 10.0 Å². The molecule has 0 radical (unpaired) electrons. The lowest BCUT2D eigenvalue weighted by molar-refractivity contribution is -0.120. The molecule has 0 aliphatic heterocycles. The number of nitrogens with one attached hydrogen (secondary N) is 3. The number of hydrogen-bond donors (Lipinski definition) is 6. The lowest BCUT2D eigenvalue weighted by Crippen LogP contribution is -2.45. The number of benzene rings is 2. The maximum atomic E-state index is 12.7. The van der Waals surface area contributed by atoms with E-state index in [2.05, 4.69) is 10.6 Å². The number of amides is 2. The molecule has 0 spiro atoms. The molecular weight excluding hydrogens is 455 g/mol. The van der Waals surface area contributed by atoms with Gasteiger partial charge in [-0.3, -0.25) is 15.0 Å². The molecule has 9 N–H and O–H groups in total. The normalized spacial score (nSPS) is 11.4. The van der Waals surface area contributed by atoms with Gasteiger partial charge in [0.05, 0.1) is 12.2 Å². The second-order valence-corrected chi connectivity index (χ2v) is 7.84. The van der Waals surface area contributed by atoms with Crippen molar-refractivity contribution in [3.05, 3.63) is 57.6 Å². The predicted octanol–water partition coefficient (Wildman–Crippen LogP) is 2.04. The first kappa shape index (κ1) is 25.1. The van der Waals surface area contributed by atoms with E-state index in [1.54, 1.807) is 24.3 Å². The Balaban J connectivity index is 1.97. The molecular formula is C21H26Cl2N6O3. The molecule has 0 saturated carbocycles. The van der Waals surface area contributed by atoms with Crippen molar-refractivity contribution in [3.63, 3.8) is 0 Å². The Labute approximate surface area is 196 Å². The second kappa shape index (κ2) is 12.0. The number of hydrogen-bond acceptors (Lipinski definition) is 5. The van der Waals surface area contributed by atoms with E-state index < -0.39 is 17.9 Å². The zero-order valence-electron chi connectivity index (χ0n) is 17.3. The van der Waals surface area contributed by atoms with E-state index >= 15 is 0 Å². The van der Waals surface area contributed by atoms with Crippen molar-refractivity contribution in [2.24, 2.45) is 11.5 Å². The van der Waals surface area contributed by atoms with Gasteiger partial charge in [0.25, 0.3) is 5.91 Å². The van der Waals surface area contributed by atoms with Crippen molar-refractivity contribution in [2.75, 3.05) is 18.9 Å². The number of nitrogen functional groups attached to an aromatic ring is 1. The van der Waals surface area contributed by atoms with Crippen LogP contribution in [0.25, 0.3) is 0 Å². The summed E-state index contributed by atoms with van der Waals surface area (Å²) in [5, 5.41) is 13.4. The van der Waals surface area contributed by atoms with Crippen LogP contribution in [0.4, 0.5) is 5.69 Å². The number of halogens is 2. The summed E-state index contributed by atoms with van der Waals surface area (Å²) in [6, 6.07) is 9.04. The molecule has 172 valence electrons. The van der Waals surface area contributed by atoms with Gasteiger partial charge in [0.2, 0.25) is 5.91 Å². The Morgan fingerprint density at radius 3 is 2.53 bits per heavy atom. The minimum Gasteiger partial charge on any atom is -0.493 e. The van der Waals surface area contributed by atoms with Gasteiger partial charge in [-0.25, -0.2) is 0 Å². The van der Waals surface area contributed by atoms with Crippen LogP contribution in [0.5, 0.6) is 5.75 Å². The molecule has 2 aromatic carbocycles. The van der Waals surface area contributed by atoms with E-state index in [1.807, 2.05) is 6.07 Å². The molecule has 0 aromatic heterocycles. The average Bonchev–Trinajstić information content (AvgIpc) is 2.72. The maximum absolute atomic E-state index is 12.7. The molecule has 0 aliphatic rings. The number of nitrogens with two attached hydrogens (primary N) is 3. The first-order chi connectivity index (χ1) is 15.2. The third-order valence-electron chi connectivity index (χ3n) is 4.56. The number of carbonyl (C=O) groups excluding carboxylic acids is 2. The molecule has 0 saturated heterocycles. The topological polar surface area (TPSA) is 169 Å². The molecule has 32 heavy (non-hydrogen) atoms. The van der Waals surface area contributed by atoms with Gasteiger partial charge in [0.15, 0.2) is 5.96 Å². The minimum atomic E-state index is -0.896. The minimum absolute atomic E-state index is 0.167. The highest BCUT2D eigenvalue weighted by Crippen LogP contribution is 2.23. The predicted molar refractivity (Wildman–Crippen MR) is 126 cm³/mol. The fourth-order valence-corrected chi connectivity index (χ4v) is 3.38. The van der Waals surface area contributed by atoms with Crippen LogP contribution in [0, 0.1) is 5.41 Å². The van der Waals surface area contributed by atoms with E-state index in [1.165, 1.54) is 6.07 Å². The summed E-state index contributed by atoms with van der Waals surface area (Å²) >= 11 is 12.1. The van der Waals surface area contributed by atoms with E-state index in [0.717, 1.165) is 5.56 Å². The van der Waals surface area contributed by atoms with Crippen LogP contribution in [-0.2, 0) is 11.2 Å². The number of primary amides is 1. The van der Waals surface area contributed by atoms with Gasteiger partial charge in [-0.2, -0.15) is 0 Å². The molecule has 2 rings (SSSR count). The molecule has 0 aliphatic carbocycles. The summed E-state index contributed by atoms with van der Waals surface area (Å²) in [5.74, 6) is -0.952. The number of carbonyl (C=O) groups is 2. The summed E-state index contributed by atoms with van der Waals surface area (Å²) in [7, 11) is 0. The third-order valence-corrected chi connectivity index (χ3v) is 5.15. The first-order valence-corrected chi connectivity index (χ1v) is 10.6. The Hall–Kier alpha value is -3.17.